The van der Waals surface area contributed by atoms with Gasteiger partial charge in [0.2, 0.25) is 0 Å². The Bertz CT molecular complexity index is 364. The Morgan fingerprint density at radius 3 is 2.50 bits per heavy atom. The highest BCUT2D eigenvalue weighted by Crippen LogP contribution is 2.38. The molecule has 2 bridgehead atoms. The van der Waals surface area contributed by atoms with E-state index in [2.05, 4.69) is 9.88 Å². The monoisotopic (exact) mass is 219 g/mol. The van der Waals surface area contributed by atoms with Crippen molar-refractivity contribution < 1.29 is 5.11 Å². The van der Waals surface area contributed by atoms with E-state index in [1.54, 1.807) is 0 Å². The van der Waals surface area contributed by atoms with Gasteiger partial charge in [-0.3, -0.25) is 0 Å². The molecule has 0 spiro atoms. The number of nitrogen functional groups attached to an aromatic ring is 1. The van der Waals surface area contributed by atoms with Gasteiger partial charge in [0, 0.05) is 12.1 Å². The molecule has 0 saturated carbocycles. The average molecular weight is 219 g/mol. The molecule has 3 atom stereocenters. The van der Waals surface area contributed by atoms with Crippen LogP contribution in [0.1, 0.15) is 25.7 Å². The van der Waals surface area contributed by atoms with Crippen molar-refractivity contribution in [1.82, 2.24) is 4.98 Å². The fraction of sp³-hybridized carbons (Fsp3) is 0.583. The highest BCUT2D eigenvalue weighted by Gasteiger charge is 2.40. The molecule has 4 nitrogen and oxygen atoms in total. The summed E-state index contributed by atoms with van der Waals surface area (Å²) in [5, 5.41) is 9.74. The van der Waals surface area contributed by atoms with E-state index in [0.717, 1.165) is 18.5 Å². The van der Waals surface area contributed by atoms with E-state index in [4.69, 9.17) is 5.73 Å². The molecular formula is C12H17N3O. The fourth-order valence-electron chi connectivity index (χ4n) is 3.12. The van der Waals surface area contributed by atoms with Crippen molar-refractivity contribution in [1.29, 1.82) is 0 Å². The first kappa shape index (κ1) is 9.90. The molecule has 0 aromatic carbocycles. The molecule has 4 heteroatoms. The third kappa shape index (κ3) is 1.53. The Morgan fingerprint density at radius 1 is 1.25 bits per heavy atom. The summed E-state index contributed by atoms with van der Waals surface area (Å²) in [7, 11) is 0. The molecule has 2 saturated heterocycles. The molecule has 0 radical (unpaired) electrons. The standard InChI is InChI=1S/C12H17N3O/c13-12-4-3-10(7-14-12)15-8-1-2-9(15)6-11(16)5-8/h3-4,7-9,11,16H,1-2,5-6H2,(H2,13,14)/t8-,9+,11?. The van der Waals surface area contributed by atoms with Crippen LogP contribution in [0.2, 0.25) is 0 Å². The molecular weight excluding hydrogens is 202 g/mol. The molecule has 1 unspecified atom stereocenters. The second-order valence-corrected chi connectivity index (χ2v) is 4.86. The number of aliphatic hydroxyl groups excluding tert-OH is 1. The number of nitrogens with zero attached hydrogens (tertiary/aromatic N) is 2. The molecule has 16 heavy (non-hydrogen) atoms. The number of pyridine rings is 1. The molecule has 0 amide bonds. The topological polar surface area (TPSA) is 62.4 Å². The average Bonchev–Trinajstić information content (AvgIpc) is 2.54. The van der Waals surface area contributed by atoms with Crippen LogP contribution in [-0.4, -0.2) is 28.3 Å². The van der Waals surface area contributed by atoms with Crippen LogP contribution in [0.4, 0.5) is 11.5 Å². The number of hydrogen-bond acceptors (Lipinski definition) is 4. The van der Waals surface area contributed by atoms with Crippen molar-refractivity contribution in [3.63, 3.8) is 0 Å². The summed E-state index contributed by atoms with van der Waals surface area (Å²) in [5.74, 6) is 0.563. The zero-order valence-corrected chi connectivity index (χ0v) is 9.21. The normalized spacial score (nSPS) is 33.1. The highest BCUT2D eigenvalue weighted by atomic mass is 16.3. The molecule has 3 rings (SSSR count). The maximum absolute atomic E-state index is 9.74. The molecule has 86 valence electrons. The number of aliphatic hydroxyl groups is 1. The van der Waals surface area contributed by atoms with Crippen LogP contribution in [-0.2, 0) is 0 Å². The zero-order valence-electron chi connectivity index (χ0n) is 9.21. The Labute approximate surface area is 95.1 Å². The van der Waals surface area contributed by atoms with Crippen molar-refractivity contribution in [2.24, 2.45) is 0 Å². The van der Waals surface area contributed by atoms with Gasteiger partial charge in [-0.2, -0.15) is 0 Å². The molecule has 2 fully saturated rings. The van der Waals surface area contributed by atoms with Crippen LogP contribution in [0.25, 0.3) is 0 Å². The van der Waals surface area contributed by atoms with Gasteiger partial charge in [-0.25, -0.2) is 4.98 Å². The van der Waals surface area contributed by atoms with Gasteiger partial charge in [0.25, 0.3) is 0 Å². The molecule has 3 N–H and O–H groups in total. The van der Waals surface area contributed by atoms with Gasteiger partial charge in [0.05, 0.1) is 18.0 Å². The molecule has 0 aliphatic carbocycles. The zero-order chi connectivity index (χ0) is 11.1. The van der Waals surface area contributed by atoms with E-state index in [-0.39, 0.29) is 6.10 Å². The molecule has 1 aromatic rings. The number of nitrogens with two attached hydrogens (primary N) is 1. The van der Waals surface area contributed by atoms with Crippen molar-refractivity contribution in [3.8, 4) is 0 Å². The second kappa shape index (κ2) is 3.63. The lowest BCUT2D eigenvalue weighted by atomic mass is 9.99. The van der Waals surface area contributed by atoms with Crippen LogP contribution >= 0.6 is 0 Å². The molecule has 1 aromatic heterocycles. The van der Waals surface area contributed by atoms with Crippen LogP contribution in [0.5, 0.6) is 0 Å². The van der Waals surface area contributed by atoms with E-state index < -0.39 is 0 Å². The quantitative estimate of drug-likeness (QED) is 0.744. The van der Waals surface area contributed by atoms with Gasteiger partial charge in [0.1, 0.15) is 5.82 Å². The van der Waals surface area contributed by atoms with Gasteiger partial charge in [-0.05, 0) is 37.8 Å². The lowest BCUT2D eigenvalue weighted by Gasteiger charge is -2.38. The molecule has 3 heterocycles. The minimum atomic E-state index is -0.115. The van der Waals surface area contributed by atoms with Crippen molar-refractivity contribution in [2.75, 3.05) is 10.6 Å². The maximum atomic E-state index is 9.74. The number of rotatable bonds is 1. The minimum absolute atomic E-state index is 0.115. The first-order valence-electron chi connectivity index (χ1n) is 5.92. The van der Waals surface area contributed by atoms with Crippen molar-refractivity contribution in [2.45, 2.75) is 43.9 Å². The highest BCUT2D eigenvalue weighted by molar-refractivity contribution is 5.51. The number of hydrogen-bond donors (Lipinski definition) is 2. The summed E-state index contributed by atoms with van der Waals surface area (Å²) >= 11 is 0. The van der Waals surface area contributed by atoms with Gasteiger partial charge >= 0.3 is 0 Å². The van der Waals surface area contributed by atoms with Gasteiger partial charge < -0.3 is 15.7 Å². The molecule has 2 aliphatic heterocycles. The Morgan fingerprint density at radius 2 is 1.94 bits per heavy atom. The largest absolute Gasteiger partial charge is 0.393 e. The summed E-state index contributed by atoms with van der Waals surface area (Å²) < 4.78 is 0. The van der Waals surface area contributed by atoms with Crippen molar-refractivity contribution in [3.05, 3.63) is 18.3 Å². The Hall–Kier alpha value is -1.29. The van der Waals surface area contributed by atoms with E-state index in [1.807, 2.05) is 18.3 Å². The molecule has 2 aliphatic rings. The predicted octanol–water partition coefficient (Wildman–Crippen LogP) is 1.16. The third-order valence-electron chi connectivity index (χ3n) is 3.78. The summed E-state index contributed by atoms with van der Waals surface area (Å²) in [5.41, 5.74) is 6.74. The second-order valence-electron chi connectivity index (χ2n) is 4.86. The van der Waals surface area contributed by atoms with E-state index in [0.29, 0.717) is 17.9 Å². The van der Waals surface area contributed by atoms with E-state index >= 15 is 0 Å². The lowest BCUT2D eigenvalue weighted by molar-refractivity contribution is 0.126. The van der Waals surface area contributed by atoms with E-state index in [9.17, 15) is 5.11 Å². The van der Waals surface area contributed by atoms with Gasteiger partial charge in [0.15, 0.2) is 0 Å². The van der Waals surface area contributed by atoms with Crippen molar-refractivity contribution >= 4 is 11.5 Å². The smallest absolute Gasteiger partial charge is 0.123 e. The van der Waals surface area contributed by atoms with Crippen LogP contribution in [0.15, 0.2) is 18.3 Å². The first-order valence-corrected chi connectivity index (χ1v) is 5.92. The van der Waals surface area contributed by atoms with Gasteiger partial charge in [-0.15, -0.1) is 0 Å². The number of anilines is 2. The minimum Gasteiger partial charge on any atom is -0.393 e. The number of fused-ring (bicyclic) bond motifs is 2. The fourth-order valence-corrected chi connectivity index (χ4v) is 3.12. The summed E-state index contributed by atoms with van der Waals surface area (Å²) in [6.45, 7) is 0. The van der Waals surface area contributed by atoms with Crippen LogP contribution in [0, 0.1) is 0 Å². The van der Waals surface area contributed by atoms with Crippen LogP contribution < -0.4 is 10.6 Å². The van der Waals surface area contributed by atoms with Crippen LogP contribution in [0.3, 0.4) is 0 Å². The summed E-state index contributed by atoms with van der Waals surface area (Å²) in [6, 6.07) is 4.85. The Balaban J connectivity index is 1.88. The predicted molar refractivity (Wildman–Crippen MR) is 63.2 cm³/mol. The maximum Gasteiger partial charge on any atom is 0.123 e. The summed E-state index contributed by atoms with van der Waals surface area (Å²) in [4.78, 5) is 6.56. The third-order valence-corrected chi connectivity index (χ3v) is 3.78. The van der Waals surface area contributed by atoms with E-state index in [1.165, 1.54) is 12.8 Å². The van der Waals surface area contributed by atoms with Gasteiger partial charge in [-0.1, -0.05) is 0 Å². The first-order chi connectivity index (χ1) is 7.74. The number of aromatic nitrogens is 1. The number of piperidine rings is 1. The lowest BCUT2D eigenvalue weighted by Crippen LogP contribution is -2.44. The summed E-state index contributed by atoms with van der Waals surface area (Å²) in [6.07, 6.45) is 5.88. The Kier molecular flexibility index (Phi) is 2.24. The SMILES string of the molecule is Nc1ccc(N2[C@@H]3CC[C@H]2CC(O)C3)cn1.